The molecule has 1 aromatic carbocycles. The zero-order valence-corrected chi connectivity index (χ0v) is 9.32. The van der Waals surface area contributed by atoms with Crippen LogP contribution in [0.5, 0.6) is 0 Å². The molecule has 2 rings (SSSR count). The van der Waals surface area contributed by atoms with Crippen LogP contribution in [0.3, 0.4) is 0 Å². The van der Waals surface area contributed by atoms with Crippen molar-refractivity contribution in [3.05, 3.63) is 35.9 Å². The first-order chi connectivity index (χ1) is 7.86. The fourth-order valence-corrected chi connectivity index (χ4v) is 2.04. The largest absolute Gasteiger partial charge is 0.273 e. The fourth-order valence-electron chi connectivity index (χ4n) is 2.04. The Hall–Kier alpha value is -1.35. The standard InChI is InChI=1S/C13H17NO2/c15-13(12-8-4-5-9-12)14-16-10-11-6-2-1-3-7-11/h1-3,6-7,12H,4-5,8-10H2,(H,14,15). The minimum absolute atomic E-state index is 0.0356. The Morgan fingerprint density at radius 3 is 2.62 bits per heavy atom. The van der Waals surface area contributed by atoms with E-state index in [0.717, 1.165) is 31.2 Å². The third-order valence-corrected chi connectivity index (χ3v) is 2.98. The summed E-state index contributed by atoms with van der Waals surface area (Å²) in [4.78, 5) is 16.8. The third-order valence-electron chi connectivity index (χ3n) is 2.98. The van der Waals surface area contributed by atoms with Crippen molar-refractivity contribution in [2.45, 2.75) is 32.3 Å². The number of rotatable bonds is 4. The highest BCUT2D eigenvalue weighted by Crippen LogP contribution is 2.24. The molecule has 0 radical (unpaired) electrons. The molecule has 1 aliphatic carbocycles. The molecule has 0 unspecified atom stereocenters. The molecular formula is C13H17NO2. The van der Waals surface area contributed by atoms with Gasteiger partial charge in [0.15, 0.2) is 0 Å². The second-order valence-electron chi connectivity index (χ2n) is 4.22. The maximum atomic E-state index is 11.6. The van der Waals surface area contributed by atoms with Crippen molar-refractivity contribution in [3.63, 3.8) is 0 Å². The molecule has 16 heavy (non-hydrogen) atoms. The van der Waals surface area contributed by atoms with E-state index in [1.54, 1.807) is 0 Å². The molecule has 0 spiro atoms. The van der Waals surface area contributed by atoms with Crippen molar-refractivity contribution in [2.24, 2.45) is 5.92 Å². The quantitative estimate of drug-likeness (QED) is 0.790. The average Bonchev–Trinajstić information content (AvgIpc) is 2.84. The van der Waals surface area contributed by atoms with Gasteiger partial charge in [-0.15, -0.1) is 0 Å². The predicted molar refractivity (Wildman–Crippen MR) is 61.3 cm³/mol. The van der Waals surface area contributed by atoms with Crippen LogP contribution in [0.2, 0.25) is 0 Å². The molecular weight excluding hydrogens is 202 g/mol. The van der Waals surface area contributed by atoms with Crippen LogP contribution in [-0.4, -0.2) is 5.91 Å². The van der Waals surface area contributed by atoms with Crippen LogP contribution >= 0.6 is 0 Å². The molecule has 3 nitrogen and oxygen atoms in total. The zero-order valence-electron chi connectivity index (χ0n) is 9.32. The van der Waals surface area contributed by atoms with Crippen molar-refractivity contribution >= 4 is 5.91 Å². The van der Waals surface area contributed by atoms with Gasteiger partial charge in [0.2, 0.25) is 5.91 Å². The number of amides is 1. The Morgan fingerprint density at radius 1 is 1.25 bits per heavy atom. The van der Waals surface area contributed by atoms with Gasteiger partial charge in [-0.2, -0.15) is 0 Å². The topological polar surface area (TPSA) is 38.3 Å². The number of benzene rings is 1. The highest BCUT2D eigenvalue weighted by Gasteiger charge is 2.22. The van der Waals surface area contributed by atoms with Crippen LogP contribution in [0.25, 0.3) is 0 Å². The van der Waals surface area contributed by atoms with E-state index in [-0.39, 0.29) is 11.8 Å². The molecule has 1 aromatic rings. The van der Waals surface area contributed by atoms with Crippen LogP contribution in [0, 0.1) is 5.92 Å². The minimum Gasteiger partial charge on any atom is -0.273 e. The Labute approximate surface area is 95.8 Å². The van der Waals surface area contributed by atoms with E-state index in [4.69, 9.17) is 4.84 Å². The van der Waals surface area contributed by atoms with Crippen LogP contribution in [0.1, 0.15) is 31.2 Å². The first-order valence-electron chi connectivity index (χ1n) is 5.82. The third kappa shape index (κ3) is 3.07. The molecule has 0 aromatic heterocycles. The van der Waals surface area contributed by atoms with Crippen molar-refractivity contribution in [1.82, 2.24) is 5.48 Å². The SMILES string of the molecule is O=C(NOCc1ccccc1)C1CCCC1. The van der Waals surface area contributed by atoms with Gasteiger partial charge in [0.05, 0.1) is 6.61 Å². The van der Waals surface area contributed by atoms with E-state index in [9.17, 15) is 4.79 Å². The van der Waals surface area contributed by atoms with Gasteiger partial charge in [0.1, 0.15) is 0 Å². The maximum absolute atomic E-state index is 11.6. The average molecular weight is 219 g/mol. The molecule has 86 valence electrons. The number of nitrogens with one attached hydrogen (secondary N) is 1. The lowest BCUT2D eigenvalue weighted by Gasteiger charge is -2.10. The monoisotopic (exact) mass is 219 g/mol. The lowest BCUT2D eigenvalue weighted by molar-refractivity contribution is -0.138. The molecule has 0 aliphatic heterocycles. The number of hydroxylamine groups is 1. The summed E-state index contributed by atoms with van der Waals surface area (Å²) in [6.45, 7) is 0.430. The molecule has 0 saturated heterocycles. The van der Waals surface area contributed by atoms with Crippen molar-refractivity contribution < 1.29 is 9.63 Å². The molecule has 1 amide bonds. The highest BCUT2D eigenvalue weighted by molar-refractivity contribution is 5.77. The summed E-state index contributed by atoms with van der Waals surface area (Å²) in [5.41, 5.74) is 3.60. The van der Waals surface area contributed by atoms with Crippen LogP contribution in [0.15, 0.2) is 30.3 Å². The second-order valence-corrected chi connectivity index (χ2v) is 4.22. The van der Waals surface area contributed by atoms with Crippen LogP contribution in [-0.2, 0) is 16.2 Å². The van der Waals surface area contributed by atoms with Crippen molar-refractivity contribution in [2.75, 3.05) is 0 Å². The van der Waals surface area contributed by atoms with Gasteiger partial charge in [0.25, 0.3) is 0 Å². The van der Waals surface area contributed by atoms with Gasteiger partial charge < -0.3 is 0 Å². The van der Waals surface area contributed by atoms with Gasteiger partial charge in [-0.1, -0.05) is 43.2 Å². The number of carbonyl (C=O) groups excluding carboxylic acids is 1. The van der Waals surface area contributed by atoms with E-state index in [1.165, 1.54) is 0 Å². The Balaban J connectivity index is 1.70. The first-order valence-corrected chi connectivity index (χ1v) is 5.82. The van der Waals surface area contributed by atoms with Gasteiger partial charge in [-0.3, -0.25) is 9.63 Å². The Kier molecular flexibility index (Phi) is 3.94. The zero-order chi connectivity index (χ0) is 11.2. The number of hydrogen-bond donors (Lipinski definition) is 1. The van der Waals surface area contributed by atoms with E-state index in [2.05, 4.69) is 5.48 Å². The first kappa shape index (κ1) is 11.1. The lowest BCUT2D eigenvalue weighted by Crippen LogP contribution is -2.29. The van der Waals surface area contributed by atoms with E-state index in [1.807, 2.05) is 30.3 Å². The van der Waals surface area contributed by atoms with Crippen LogP contribution < -0.4 is 5.48 Å². The predicted octanol–water partition coefficient (Wildman–Crippen LogP) is 2.42. The summed E-state index contributed by atoms with van der Waals surface area (Å²) >= 11 is 0. The fraction of sp³-hybridized carbons (Fsp3) is 0.462. The van der Waals surface area contributed by atoms with Gasteiger partial charge in [-0.25, -0.2) is 5.48 Å². The van der Waals surface area contributed by atoms with Gasteiger partial charge in [-0.05, 0) is 18.4 Å². The number of hydrogen-bond acceptors (Lipinski definition) is 2. The summed E-state index contributed by atoms with van der Waals surface area (Å²) in [5, 5.41) is 0. The van der Waals surface area contributed by atoms with Crippen molar-refractivity contribution in [3.8, 4) is 0 Å². The molecule has 1 saturated carbocycles. The molecule has 1 N–H and O–H groups in total. The summed E-state index contributed by atoms with van der Waals surface area (Å²) < 4.78 is 0. The summed E-state index contributed by atoms with van der Waals surface area (Å²) in [6.07, 6.45) is 4.33. The van der Waals surface area contributed by atoms with Crippen molar-refractivity contribution in [1.29, 1.82) is 0 Å². The molecule has 0 bridgehead atoms. The van der Waals surface area contributed by atoms with Crippen LogP contribution in [0.4, 0.5) is 0 Å². The molecule has 0 heterocycles. The Morgan fingerprint density at radius 2 is 1.94 bits per heavy atom. The maximum Gasteiger partial charge on any atom is 0.246 e. The molecule has 3 heteroatoms. The normalized spacial score (nSPS) is 16.2. The molecule has 0 atom stereocenters. The number of carbonyl (C=O) groups is 1. The minimum atomic E-state index is 0.0356. The van der Waals surface area contributed by atoms with E-state index < -0.39 is 0 Å². The smallest absolute Gasteiger partial charge is 0.246 e. The van der Waals surface area contributed by atoms with Gasteiger partial charge >= 0.3 is 0 Å². The Bertz CT molecular complexity index is 331. The summed E-state index contributed by atoms with van der Waals surface area (Å²) in [5.74, 6) is 0.198. The van der Waals surface area contributed by atoms with E-state index >= 15 is 0 Å². The lowest BCUT2D eigenvalue weighted by atomic mass is 10.1. The highest BCUT2D eigenvalue weighted by atomic mass is 16.6. The molecule has 1 aliphatic rings. The summed E-state index contributed by atoms with van der Waals surface area (Å²) in [7, 11) is 0. The second kappa shape index (κ2) is 5.66. The van der Waals surface area contributed by atoms with E-state index in [0.29, 0.717) is 6.61 Å². The summed E-state index contributed by atoms with van der Waals surface area (Å²) in [6, 6.07) is 9.82. The van der Waals surface area contributed by atoms with Gasteiger partial charge in [0, 0.05) is 5.92 Å². The molecule has 1 fully saturated rings.